The van der Waals surface area contributed by atoms with E-state index in [4.69, 9.17) is 0 Å². The second-order valence-electron chi connectivity index (χ2n) is 17.0. The third kappa shape index (κ3) is 10.4. The Morgan fingerprint density at radius 3 is 1.98 bits per heavy atom. The highest BCUT2D eigenvalue weighted by Gasteiger charge is 2.53. The standard InChI is InChI=1S/C36H57N7O10/c1-35(2,3)26(41-28(45)23(40-34(51)53-8)16-37-33(50)52-7)31(48)42-27(36(4,5)6)32(49)43-17-19-11-9-18-10-14-22(25(44)30(47)38-20-12-13-20)39-29(46)24(43)21(19)15-18/h18-24,26-27H,9-17H2,1-8H3,(H,37,50)(H,38,47)(H,39,46)(H,40,51)(H,41,45)(H,42,48)/t18?,19-,21-,22-,23-,24-,26+,27+/m0/s1. The molecule has 4 aliphatic rings. The molecule has 8 atom stereocenters. The fourth-order valence-electron chi connectivity index (χ4n) is 7.59. The largest absolute Gasteiger partial charge is 0.453 e. The molecule has 2 saturated heterocycles. The number of amides is 7. The van der Waals surface area contributed by atoms with Gasteiger partial charge in [-0.15, -0.1) is 0 Å². The number of Topliss-reactive ketones (excluding diaryl/α,β-unsaturated/α-hetero) is 1. The highest BCUT2D eigenvalue weighted by molar-refractivity contribution is 6.38. The summed E-state index contributed by atoms with van der Waals surface area (Å²) in [6, 6.07) is -5.64. The SMILES string of the molecule is COC(=O)NC[C@H](NC(=O)OC)C(=O)N[C@H](C(=O)N[C@H](C(=O)N1C[C@@H]2CCC3CC[C@@H](C(=O)C(=O)NC4CC4)NC(=O)[C@@H]1[C@H]2C3)C(C)(C)C)C(C)(C)C. The maximum absolute atomic E-state index is 14.7. The lowest BCUT2D eigenvalue weighted by Crippen LogP contribution is -2.64. The van der Waals surface area contributed by atoms with Crippen LogP contribution in [0.4, 0.5) is 9.59 Å². The number of rotatable bonds is 11. The average molecular weight is 748 g/mol. The van der Waals surface area contributed by atoms with Crippen LogP contribution in [0, 0.1) is 28.6 Å². The summed E-state index contributed by atoms with van der Waals surface area (Å²) >= 11 is 0. The van der Waals surface area contributed by atoms with Gasteiger partial charge in [0.15, 0.2) is 0 Å². The maximum Gasteiger partial charge on any atom is 0.407 e. The van der Waals surface area contributed by atoms with Crippen LogP contribution in [0.1, 0.15) is 86.5 Å². The van der Waals surface area contributed by atoms with Crippen molar-refractivity contribution in [1.29, 1.82) is 0 Å². The van der Waals surface area contributed by atoms with E-state index in [0.717, 1.165) is 39.9 Å². The number of ether oxygens (including phenoxy) is 2. The van der Waals surface area contributed by atoms with Crippen LogP contribution in [-0.2, 0) is 38.2 Å². The van der Waals surface area contributed by atoms with Crippen molar-refractivity contribution in [3.63, 3.8) is 0 Å². The molecule has 4 rings (SSSR count). The van der Waals surface area contributed by atoms with Gasteiger partial charge < -0.3 is 46.3 Å². The van der Waals surface area contributed by atoms with Gasteiger partial charge in [-0.1, -0.05) is 48.0 Å². The van der Waals surface area contributed by atoms with Crippen molar-refractivity contribution in [2.75, 3.05) is 27.3 Å². The van der Waals surface area contributed by atoms with Gasteiger partial charge in [0, 0.05) is 12.6 Å². The summed E-state index contributed by atoms with van der Waals surface area (Å²) in [4.78, 5) is 108. The minimum Gasteiger partial charge on any atom is -0.453 e. The average Bonchev–Trinajstić information content (AvgIpc) is 3.81. The van der Waals surface area contributed by atoms with E-state index in [9.17, 15) is 38.4 Å². The summed E-state index contributed by atoms with van der Waals surface area (Å²) in [5, 5.41) is 15.8. The van der Waals surface area contributed by atoms with Gasteiger partial charge in [-0.25, -0.2) is 9.59 Å². The molecule has 2 heterocycles. The van der Waals surface area contributed by atoms with Crippen molar-refractivity contribution in [3.8, 4) is 0 Å². The molecule has 2 aliphatic carbocycles. The molecule has 2 bridgehead atoms. The molecule has 53 heavy (non-hydrogen) atoms. The summed E-state index contributed by atoms with van der Waals surface area (Å²) in [6.45, 7) is 10.4. The Kier molecular flexibility index (Phi) is 13.0. The molecular weight excluding hydrogens is 690 g/mol. The van der Waals surface area contributed by atoms with Crippen LogP contribution in [0.25, 0.3) is 0 Å². The monoisotopic (exact) mass is 747 g/mol. The number of nitrogens with zero attached hydrogens (tertiary/aromatic N) is 1. The lowest BCUT2D eigenvalue weighted by Gasteiger charge is -2.38. The number of nitrogens with one attached hydrogen (secondary N) is 6. The van der Waals surface area contributed by atoms with Crippen LogP contribution in [0.5, 0.6) is 0 Å². The number of likely N-dealkylation sites (tertiary alicyclic amines) is 1. The minimum absolute atomic E-state index is 0.0151. The van der Waals surface area contributed by atoms with Gasteiger partial charge in [0.05, 0.1) is 26.8 Å². The Labute approximate surface area is 310 Å². The molecule has 4 fully saturated rings. The number of hydrogen-bond acceptors (Lipinski definition) is 10. The van der Waals surface area contributed by atoms with Crippen LogP contribution in [0.15, 0.2) is 0 Å². The predicted molar refractivity (Wildman–Crippen MR) is 190 cm³/mol. The zero-order valence-electron chi connectivity index (χ0n) is 32.1. The lowest BCUT2D eigenvalue weighted by molar-refractivity contribution is -0.146. The van der Waals surface area contributed by atoms with Crippen LogP contribution in [0.3, 0.4) is 0 Å². The molecule has 7 amide bonds. The predicted octanol–water partition coefficient (Wildman–Crippen LogP) is 0.498. The van der Waals surface area contributed by atoms with E-state index in [1.807, 2.05) is 0 Å². The zero-order chi connectivity index (χ0) is 39.4. The summed E-state index contributed by atoms with van der Waals surface area (Å²) in [5.74, 6) is -3.72. The Morgan fingerprint density at radius 2 is 1.40 bits per heavy atom. The van der Waals surface area contributed by atoms with Crippen molar-refractivity contribution in [1.82, 2.24) is 36.8 Å². The van der Waals surface area contributed by atoms with E-state index in [1.165, 1.54) is 4.90 Å². The van der Waals surface area contributed by atoms with E-state index in [-0.39, 0.29) is 30.3 Å². The fraction of sp³-hybridized carbons (Fsp3) is 0.778. The maximum atomic E-state index is 14.7. The Hall–Kier alpha value is -4.44. The van der Waals surface area contributed by atoms with E-state index >= 15 is 0 Å². The molecule has 0 aromatic rings. The van der Waals surface area contributed by atoms with Crippen molar-refractivity contribution in [2.24, 2.45) is 28.6 Å². The van der Waals surface area contributed by atoms with Gasteiger partial charge in [0.25, 0.3) is 5.91 Å². The first-order chi connectivity index (χ1) is 24.7. The van der Waals surface area contributed by atoms with Gasteiger partial charge in [-0.05, 0) is 67.1 Å². The summed E-state index contributed by atoms with van der Waals surface area (Å²) < 4.78 is 9.18. The third-order valence-corrected chi connectivity index (χ3v) is 10.8. The summed E-state index contributed by atoms with van der Waals surface area (Å²) in [7, 11) is 2.24. The highest BCUT2D eigenvalue weighted by Crippen LogP contribution is 2.45. The summed E-state index contributed by atoms with van der Waals surface area (Å²) in [5.41, 5.74) is -1.76. The molecule has 0 aromatic heterocycles. The van der Waals surface area contributed by atoms with Crippen molar-refractivity contribution in [3.05, 3.63) is 0 Å². The number of fused-ring (bicyclic) bond motifs is 1. The van der Waals surface area contributed by atoms with Gasteiger partial charge in [-0.3, -0.25) is 28.8 Å². The molecule has 0 spiro atoms. The van der Waals surface area contributed by atoms with E-state index in [2.05, 4.69) is 41.4 Å². The Balaban J connectivity index is 1.57. The number of carbonyl (C=O) groups excluding carboxylic acids is 8. The number of hydrogen-bond donors (Lipinski definition) is 6. The zero-order valence-corrected chi connectivity index (χ0v) is 32.1. The highest BCUT2D eigenvalue weighted by atomic mass is 16.5. The van der Waals surface area contributed by atoms with Crippen LogP contribution < -0.4 is 31.9 Å². The molecule has 296 valence electrons. The number of methoxy groups -OCH3 is 2. The van der Waals surface area contributed by atoms with Gasteiger partial charge in [0.1, 0.15) is 24.2 Å². The van der Waals surface area contributed by atoms with E-state index < -0.39 is 88.5 Å². The topological polar surface area (TPSA) is 230 Å². The van der Waals surface area contributed by atoms with Crippen molar-refractivity contribution >= 4 is 47.5 Å². The minimum atomic E-state index is -1.35. The van der Waals surface area contributed by atoms with Crippen LogP contribution in [0.2, 0.25) is 0 Å². The Morgan fingerprint density at radius 1 is 0.792 bits per heavy atom. The molecule has 17 nitrogen and oxygen atoms in total. The molecule has 0 radical (unpaired) electrons. The van der Waals surface area contributed by atoms with E-state index in [0.29, 0.717) is 25.8 Å². The first kappa shape index (κ1) is 41.3. The molecule has 0 aromatic carbocycles. The van der Waals surface area contributed by atoms with Crippen LogP contribution >= 0.6 is 0 Å². The Bertz CT molecular complexity index is 1450. The first-order valence-electron chi connectivity index (χ1n) is 18.5. The molecule has 2 aliphatic heterocycles. The van der Waals surface area contributed by atoms with E-state index in [1.54, 1.807) is 41.5 Å². The fourth-order valence-corrected chi connectivity index (χ4v) is 7.59. The van der Waals surface area contributed by atoms with Gasteiger partial charge in [0.2, 0.25) is 29.4 Å². The number of carbonyl (C=O) groups is 8. The molecule has 17 heteroatoms. The lowest BCUT2D eigenvalue weighted by atomic mass is 9.72. The quantitative estimate of drug-likeness (QED) is 0.160. The molecular formula is C36H57N7O10. The number of alkyl carbamates (subject to hydrolysis) is 2. The normalized spacial score (nSPS) is 25.8. The molecule has 2 saturated carbocycles. The van der Waals surface area contributed by atoms with Crippen molar-refractivity contribution < 1.29 is 47.8 Å². The first-order valence-corrected chi connectivity index (χ1v) is 18.5. The summed E-state index contributed by atoms with van der Waals surface area (Å²) in [6.07, 6.45) is 3.23. The van der Waals surface area contributed by atoms with Crippen LogP contribution in [-0.4, -0.2) is 116 Å². The second kappa shape index (κ2) is 16.7. The number of ketones is 1. The van der Waals surface area contributed by atoms with Gasteiger partial charge in [-0.2, -0.15) is 0 Å². The third-order valence-electron chi connectivity index (χ3n) is 10.8. The van der Waals surface area contributed by atoms with Gasteiger partial charge >= 0.3 is 12.2 Å². The smallest absolute Gasteiger partial charge is 0.407 e. The molecule has 1 unspecified atom stereocenters. The molecule has 6 N–H and O–H groups in total. The van der Waals surface area contributed by atoms with Crippen molar-refractivity contribution in [2.45, 2.75) is 123 Å². The second-order valence-corrected chi connectivity index (χ2v) is 17.0.